The van der Waals surface area contributed by atoms with E-state index >= 15 is 0 Å². The molecule has 0 aromatic heterocycles. The zero-order valence-corrected chi connectivity index (χ0v) is 8.25. The van der Waals surface area contributed by atoms with E-state index in [1.54, 1.807) is 0 Å². The van der Waals surface area contributed by atoms with Crippen LogP contribution in [0.15, 0.2) is 12.7 Å². The fraction of sp³-hybridized carbons (Fsp3) is 0.500. The van der Waals surface area contributed by atoms with Crippen molar-refractivity contribution in [2.45, 2.75) is 11.5 Å². The Morgan fingerprint density at radius 3 is 2.00 bits per heavy atom. The molecule has 0 saturated heterocycles. The van der Waals surface area contributed by atoms with E-state index < -0.39 is 16.1 Å². The summed E-state index contributed by atoms with van der Waals surface area (Å²) in [5.41, 5.74) is 0. The predicted molar refractivity (Wildman–Crippen MR) is 49.4 cm³/mol. The Balaban J connectivity index is 0. The first-order chi connectivity index (χ1) is 5.83. The molecule has 0 heterocycles. The van der Waals surface area contributed by atoms with Gasteiger partial charge in [0.1, 0.15) is 0 Å². The summed E-state index contributed by atoms with van der Waals surface area (Å²) in [6.45, 7) is 2.96. The van der Waals surface area contributed by atoms with Gasteiger partial charge in [-0.15, -0.1) is 0 Å². The molecule has 0 amide bonds. The van der Waals surface area contributed by atoms with Crippen molar-refractivity contribution >= 4 is 33.8 Å². The summed E-state index contributed by atoms with van der Waals surface area (Å²) in [4.78, 5) is 9.25. The van der Waals surface area contributed by atoms with Crippen LogP contribution in [0.2, 0.25) is 5.09 Å². The minimum atomic E-state index is -3.69. The van der Waals surface area contributed by atoms with Gasteiger partial charge in [-0.2, -0.15) is 0 Å². The number of aliphatic carboxylic acids is 1. The van der Waals surface area contributed by atoms with Crippen LogP contribution < -0.4 is 0 Å². The Morgan fingerprint density at radius 1 is 1.54 bits per heavy atom. The van der Waals surface area contributed by atoms with Crippen LogP contribution in [0, 0.1) is 0 Å². The second-order valence-corrected chi connectivity index (χ2v) is 3.75. The molecule has 5 nitrogen and oxygen atoms in total. The second-order valence-electron chi connectivity index (χ2n) is 2.18. The van der Waals surface area contributed by atoms with Crippen molar-refractivity contribution in [1.29, 1.82) is 0 Å². The van der Waals surface area contributed by atoms with Gasteiger partial charge in [-0.25, -0.2) is 4.79 Å². The molecule has 0 aliphatic heterocycles. The molecular weight excluding hydrogens is 191 g/mol. The number of hydrogen-bond acceptors (Lipinski definition) is 3. The molecule has 0 unspecified atom stereocenters. The van der Waals surface area contributed by atoms with Gasteiger partial charge < -0.3 is 5.11 Å². The van der Waals surface area contributed by atoms with Gasteiger partial charge in [0, 0.05) is 6.08 Å². The Kier molecular flexibility index (Phi) is 9.73. The van der Waals surface area contributed by atoms with Crippen molar-refractivity contribution < 1.29 is 22.9 Å². The minimum absolute atomic E-state index is 0.108. The summed E-state index contributed by atoms with van der Waals surface area (Å²) < 4.78 is 28.0. The summed E-state index contributed by atoms with van der Waals surface area (Å²) in [7, 11) is -3.69. The molecule has 0 aromatic carbocycles. The maximum absolute atomic E-state index is 9.95. The molecule has 72 valence electrons. The monoisotopic (exact) mass is 202 g/mol. The predicted octanol–water partition coefficient (Wildman–Crippen LogP) is 0.108. The SMILES string of the molecule is C=CC(=O)O.[Li][CH2]CCS(=O)(=O)O. The van der Waals surface area contributed by atoms with Crippen LogP contribution in [-0.4, -0.2) is 47.5 Å². The van der Waals surface area contributed by atoms with Crippen LogP contribution in [0.3, 0.4) is 0 Å². The summed E-state index contributed by atoms with van der Waals surface area (Å²) in [5, 5.41) is 8.40. The van der Waals surface area contributed by atoms with E-state index in [4.69, 9.17) is 9.66 Å². The summed E-state index contributed by atoms with van der Waals surface area (Å²) >= 11 is 1.87. The van der Waals surface area contributed by atoms with Crippen molar-refractivity contribution in [2.24, 2.45) is 0 Å². The Labute approximate surface area is 86.8 Å². The van der Waals surface area contributed by atoms with Gasteiger partial charge >= 0.3 is 64.0 Å². The van der Waals surface area contributed by atoms with Crippen molar-refractivity contribution in [3.63, 3.8) is 0 Å². The van der Waals surface area contributed by atoms with Crippen LogP contribution in [-0.2, 0) is 14.9 Å². The van der Waals surface area contributed by atoms with Crippen LogP contribution in [0.25, 0.3) is 0 Å². The zero-order chi connectivity index (χ0) is 10.9. The molecule has 13 heavy (non-hydrogen) atoms. The first kappa shape index (κ1) is 15.2. The number of carboxylic acid groups (broad SMARTS) is 1. The van der Waals surface area contributed by atoms with E-state index in [0.29, 0.717) is 6.42 Å². The third-order valence-corrected chi connectivity index (χ3v) is 1.74. The summed E-state index contributed by atoms with van der Waals surface area (Å²) in [6.07, 6.45) is 1.37. The van der Waals surface area contributed by atoms with Gasteiger partial charge in [0.15, 0.2) is 0 Å². The van der Waals surface area contributed by atoms with E-state index in [0.717, 1.165) is 11.2 Å². The van der Waals surface area contributed by atoms with Crippen molar-refractivity contribution in [3.05, 3.63) is 12.7 Å². The number of rotatable bonds is 4. The molecular formula is C6H11LiO5S. The van der Waals surface area contributed by atoms with E-state index in [2.05, 4.69) is 6.58 Å². The normalized spacial score (nSPS) is 9.77. The molecule has 0 saturated carbocycles. The summed E-state index contributed by atoms with van der Waals surface area (Å²) in [6, 6.07) is 0. The molecule has 2 N–H and O–H groups in total. The van der Waals surface area contributed by atoms with Gasteiger partial charge in [0.05, 0.1) is 0 Å². The van der Waals surface area contributed by atoms with Gasteiger partial charge in [-0.05, 0) is 0 Å². The zero-order valence-electron chi connectivity index (χ0n) is 7.43. The molecule has 0 atom stereocenters. The number of hydrogen-bond donors (Lipinski definition) is 2. The third-order valence-electron chi connectivity index (χ3n) is 0.930. The topological polar surface area (TPSA) is 91.7 Å². The maximum atomic E-state index is 9.95. The average molecular weight is 202 g/mol. The van der Waals surface area contributed by atoms with Gasteiger partial charge in [0.2, 0.25) is 0 Å². The van der Waals surface area contributed by atoms with Gasteiger partial charge in [0.25, 0.3) is 0 Å². The molecule has 0 aromatic rings. The van der Waals surface area contributed by atoms with Crippen molar-refractivity contribution in [2.75, 3.05) is 5.75 Å². The van der Waals surface area contributed by atoms with Crippen LogP contribution >= 0.6 is 0 Å². The molecule has 0 bridgehead atoms. The molecule has 0 rings (SSSR count). The summed E-state index contributed by atoms with van der Waals surface area (Å²) in [5.74, 6) is -1.09. The van der Waals surface area contributed by atoms with E-state index in [1.807, 2.05) is 17.7 Å². The molecule has 0 spiro atoms. The molecule has 0 aliphatic rings. The van der Waals surface area contributed by atoms with Crippen LogP contribution in [0.1, 0.15) is 6.42 Å². The van der Waals surface area contributed by atoms with E-state index in [9.17, 15) is 13.2 Å². The Bertz CT molecular complexity index is 246. The van der Waals surface area contributed by atoms with E-state index in [-0.39, 0.29) is 5.75 Å². The Hall–Kier alpha value is -0.283. The fourth-order valence-electron chi connectivity index (χ4n) is 0.327. The Morgan fingerprint density at radius 2 is 1.92 bits per heavy atom. The van der Waals surface area contributed by atoms with E-state index in [1.165, 1.54) is 0 Å². The van der Waals surface area contributed by atoms with Crippen molar-refractivity contribution in [1.82, 2.24) is 0 Å². The van der Waals surface area contributed by atoms with Gasteiger partial charge in [-0.1, -0.05) is 6.58 Å². The quantitative estimate of drug-likeness (QED) is 0.383. The molecule has 0 fully saturated rings. The fourth-order valence-corrected chi connectivity index (χ4v) is 0.980. The van der Waals surface area contributed by atoms with Crippen LogP contribution in [0.5, 0.6) is 0 Å². The third kappa shape index (κ3) is 24.5. The van der Waals surface area contributed by atoms with Crippen LogP contribution in [0.4, 0.5) is 0 Å². The first-order valence-electron chi connectivity index (χ1n) is 3.64. The standard InChI is InChI=1S/C3H7O3S.C3H4O2.Li/c1-2-3-7(4,5)6;1-2-3(4)5;/h1-3H2,(H,4,5,6);2H,1H2,(H,4,5);. The van der Waals surface area contributed by atoms with Crippen molar-refractivity contribution in [3.8, 4) is 0 Å². The molecule has 0 aliphatic carbocycles. The number of carboxylic acids is 1. The first-order valence-corrected chi connectivity index (χ1v) is 5.25. The second kappa shape index (κ2) is 8.32. The molecule has 7 heteroatoms. The molecule has 0 radical (unpaired) electrons. The van der Waals surface area contributed by atoms with Gasteiger partial charge in [-0.3, -0.25) is 0 Å². The number of carbonyl (C=O) groups is 1. The average Bonchev–Trinajstić information content (AvgIpc) is 2.00.